The number of likely N-dealkylation sites (N-methyl/N-ethyl adjacent to an activating group) is 1. The van der Waals surface area contributed by atoms with Gasteiger partial charge in [-0.3, -0.25) is 4.90 Å². The molecule has 21 heavy (non-hydrogen) atoms. The Balaban J connectivity index is 1.56. The van der Waals surface area contributed by atoms with Crippen molar-refractivity contribution in [3.63, 3.8) is 0 Å². The molecule has 2 aromatic rings. The van der Waals surface area contributed by atoms with Crippen LogP contribution in [-0.4, -0.2) is 53.2 Å². The van der Waals surface area contributed by atoms with Crippen LogP contribution in [0.25, 0.3) is 0 Å². The van der Waals surface area contributed by atoms with E-state index in [2.05, 4.69) is 56.6 Å². The number of rotatable bonds is 4. The number of nitrogens with one attached hydrogen (secondary N) is 1. The summed E-state index contributed by atoms with van der Waals surface area (Å²) < 4.78 is 0. The molecule has 6 heteroatoms. The molecule has 1 fully saturated rings. The van der Waals surface area contributed by atoms with Crippen molar-refractivity contribution in [2.24, 2.45) is 0 Å². The fraction of sp³-hybridized carbons (Fsp3) is 0.467. The summed E-state index contributed by atoms with van der Waals surface area (Å²) in [5.41, 5.74) is 2.42. The van der Waals surface area contributed by atoms with Crippen LogP contribution < -0.4 is 5.32 Å². The van der Waals surface area contributed by atoms with Gasteiger partial charge in [-0.2, -0.15) is 0 Å². The monoisotopic (exact) mass is 303 g/mol. The van der Waals surface area contributed by atoms with Crippen LogP contribution in [0.2, 0.25) is 0 Å². The summed E-state index contributed by atoms with van der Waals surface area (Å²) in [7, 11) is 2.19. The van der Waals surface area contributed by atoms with Gasteiger partial charge in [0, 0.05) is 38.4 Å². The first-order chi connectivity index (χ1) is 10.2. The van der Waals surface area contributed by atoms with Gasteiger partial charge in [0.05, 0.1) is 0 Å². The summed E-state index contributed by atoms with van der Waals surface area (Å²) in [5.74, 6) is 0. The van der Waals surface area contributed by atoms with E-state index in [1.165, 1.54) is 5.56 Å². The summed E-state index contributed by atoms with van der Waals surface area (Å²) in [4.78, 5) is 4.89. The minimum atomic E-state index is 0.847. The minimum Gasteiger partial charge on any atom is -0.330 e. The Morgan fingerprint density at radius 3 is 2.43 bits per heavy atom. The van der Waals surface area contributed by atoms with Gasteiger partial charge in [-0.25, -0.2) is 0 Å². The van der Waals surface area contributed by atoms with Gasteiger partial charge in [-0.15, -0.1) is 10.2 Å². The van der Waals surface area contributed by atoms with Gasteiger partial charge in [0.2, 0.25) is 5.13 Å². The molecule has 1 aliphatic heterocycles. The van der Waals surface area contributed by atoms with Crippen LogP contribution in [-0.2, 0) is 6.54 Å². The van der Waals surface area contributed by atoms with E-state index in [4.69, 9.17) is 0 Å². The number of benzene rings is 1. The predicted molar refractivity (Wildman–Crippen MR) is 87.1 cm³/mol. The largest absolute Gasteiger partial charge is 0.330 e. The summed E-state index contributed by atoms with van der Waals surface area (Å²) >= 11 is 1.57. The smallest absolute Gasteiger partial charge is 0.210 e. The number of hydrogen-bond donors (Lipinski definition) is 1. The van der Waals surface area contributed by atoms with E-state index in [0.29, 0.717) is 0 Å². The minimum absolute atomic E-state index is 0.847. The van der Waals surface area contributed by atoms with Gasteiger partial charge in [0.25, 0.3) is 0 Å². The Morgan fingerprint density at radius 2 is 1.81 bits per heavy atom. The highest BCUT2D eigenvalue weighted by Gasteiger charge is 2.13. The highest BCUT2D eigenvalue weighted by Crippen LogP contribution is 2.20. The number of piperazine rings is 1. The van der Waals surface area contributed by atoms with Crippen LogP contribution in [0.1, 0.15) is 10.6 Å². The lowest BCUT2D eigenvalue weighted by atomic mass is 10.2. The van der Waals surface area contributed by atoms with Crippen LogP contribution in [0.4, 0.5) is 10.8 Å². The van der Waals surface area contributed by atoms with E-state index in [9.17, 15) is 0 Å². The first-order valence-electron chi connectivity index (χ1n) is 7.26. The molecule has 0 amide bonds. The molecule has 1 aromatic carbocycles. The van der Waals surface area contributed by atoms with E-state index in [0.717, 1.165) is 48.6 Å². The van der Waals surface area contributed by atoms with Crippen LogP contribution in [0.15, 0.2) is 24.3 Å². The molecule has 5 nitrogen and oxygen atoms in total. The van der Waals surface area contributed by atoms with E-state index < -0.39 is 0 Å². The van der Waals surface area contributed by atoms with Gasteiger partial charge < -0.3 is 10.2 Å². The molecule has 0 saturated carbocycles. The Morgan fingerprint density at radius 1 is 1.10 bits per heavy atom. The molecular weight excluding hydrogens is 282 g/mol. The molecule has 1 saturated heterocycles. The summed E-state index contributed by atoms with van der Waals surface area (Å²) in [6.07, 6.45) is 0. The fourth-order valence-electron chi connectivity index (χ4n) is 2.43. The standard InChI is InChI=1S/C15H21N5S/c1-12-17-18-15(21-12)16-14-5-3-13(4-6-14)11-20-9-7-19(2)8-10-20/h3-6H,7-11H2,1-2H3,(H,16,18). The lowest BCUT2D eigenvalue weighted by Gasteiger charge is -2.32. The normalized spacial score (nSPS) is 17.0. The van der Waals surface area contributed by atoms with Gasteiger partial charge >= 0.3 is 0 Å². The van der Waals surface area contributed by atoms with E-state index >= 15 is 0 Å². The van der Waals surface area contributed by atoms with Crippen LogP contribution in [0.5, 0.6) is 0 Å². The van der Waals surface area contributed by atoms with E-state index in [1.807, 2.05) is 6.92 Å². The van der Waals surface area contributed by atoms with Gasteiger partial charge in [0.15, 0.2) is 0 Å². The third kappa shape index (κ3) is 4.00. The highest BCUT2D eigenvalue weighted by molar-refractivity contribution is 7.15. The van der Waals surface area contributed by atoms with Crippen LogP contribution in [0, 0.1) is 6.92 Å². The molecule has 1 N–H and O–H groups in total. The van der Waals surface area contributed by atoms with Crippen molar-refractivity contribution in [3.05, 3.63) is 34.8 Å². The number of aryl methyl sites for hydroxylation is 1. The molecule has 1 aliphatic rings. The second-order valence-electron chi connectivity index (χ2n) is 5.53. The molecule has 0 spiro atoms. The zero-order valence-corrected chi connectivity index (χ0v) is 13.4. The maximum Gasteiger partial charge on any atom is 0.210 e. The van der Waals surface area contributed by atoms with Crippen molar-refractivity contribution in [1.82, 2.24) is 20.0 Å². The number of hydrogen-bond acceptors (Lipinski definition) is 6. The average molecular weight is 303 g/mol. The van der Waals surface area contributed by atoms with Gasteiger partial charge in [-0.1, -0.05) is 23.5 Å². The Bertz CT molecular complexity index is 572. The molecule has 112 valence electrons. The maximum atomic E-state index is 4.08. The topological polar surface area (TPSA) is 44.3 Å². The zero-order valence-electron chi connectivity index (χ0n) is 12.5. The van der Waals surface area contributed by atoms with Crippen molar-refractivity contribution in [1.29, 1.82) is 0 Å². The fourth-order valence-corrected chi connectivity index (χ4v) is 3.04. The summed E-state index contributed by atoms with van der Waals surface area (Å²) in [6.45, 7) is 7.63. The highest BCUT2D eigenvalue weighted by atomic mass is 32.1. The average Bonchev–Trinajstić information content (AvgIpc) is 2.89. The van der Waals surface area contributed by atoms with Gasteiger partial charge in [-0.05, 0) is 31.7 Å². The second kappa shape index (κ2) is 6.51. The van der Waals surface area contributed by atoms with Gasteiger partial charge in [0.1, 0.15) is 5.01 Å². The Hall–Kier alpha value is -1.50. The number of anilines is 2. The zero-order chi connectivity index (χ0) is 14.7. The molecular formula is C15H21N5S. The van der Waals surface area contributed by atoms with Crippen LogP contribution in [0.3, 0.4) is 0 Å². The van der Waals surface area contributed by atoms with Crippen LogP contribution >= 0.6 is 11.3 Å². The van der Waals surface area contributed by atoms with Crippen molar-refractivity contribution in [3.8, 4) is 0 Å². The number of aromatic nitrogens is 2. The molecule has 0 radical (unpaired) electrons. The van der Waals surface area contributed by atoms with Crippen molar-refractivity contribution in [2.45, 2.75) is 13.5 Å². The lowest BCUT2D eigenvalue weighted by Crippen LogP contribution is -2.43. The quantitative estimate of drug-likeness (QED) is 0.939. The van der Waals surface area contributed by atoms with Crippen molar-refractivity contribution < 1.29 is 0 Å². The molecule has 2 heterocycles. The maximum absolute atomic E-state index is 4.08. The lowest BCUT2D eigenvalue weighted by molar-refractivity contribution is 0.148. The third-order valence-corrected chi connectivity index (χ3v) is 4.49. The molecule has 1 aromatic heterocycles. The SMILES string of the molecule is Cc1nnc(Nc2ccc(CN3CCN(C)CC3)cc2)s1. The Kier molecular flexibility index (Phi) is 4.48. The van der Waals surface area contributed by atoms with Crippen molar-refractivity contribution in [2.75, 3.05) is 38.5 Å². The predicted octanol–water partition coefficient (Wildman–Crippen LogP) is 2.34. The molecule has 0 unspecified atom stereocenters. The first-order valence-corrected chi connectivity index (χ1v) is 8.08. The first kappa shape index (κ1) is 14.4. The third-order valence-electron chi connectivity index (χ3n) is 3.73. The second-order valence-corrected chi connectivity index (χ2v) is 6.71. The molecule has 3 rings (SSSR count). The molecule has 0 atom stereocenters. The number of nitrogens with zero attached hydrogens (tertiary/aromatic N) is 4. The molecule has 0 bridgehead atoms. The Labute approximate surface area is 129 Å². The summed E-state index contributed by atoms with van der Waals surface area (Å²) in [5, 5.41) is 13.2. The summed E-state index contributed by atoms with van der Waals surface area (Å²) in [6, 6.07) is 8.60. The molecule has 0 aliphatic carbocycles. The van der Waals surface area contributed by atoms with E-state index in [1.54, 1.807) is 11.3 Å². The van der Waals surface area contributed by atoms with E-state index in [-0.39, 0.29) is 0 Å². The van der Waals surface area contributed by atoms with Crippen molar-refractivity contribution >= 4 is 22.2 Å².